The van der Waals surface area contributed by atoms with E-state index in [4.69, 9.17) is 4.74 Å². The molecule has 6 heteroatoms. The third kappa shape index (κ3) is 3.54. The Balaban J connectivity index is 1.98. The molecule has 0 aromatic heterocycles. The number of urea groups is 1. The zero-order valence-corrected chi connectivity index (χ0v) is 15.7. The van der Waals surface area contributed by atoms with E-state index in [0.717, 1.165) is 12.8 Å². The molecular weight excluding hydrogens is 330 g/mol. The Kier molecular flexibility index (Phi) is 5.49. The van der Waals surface area contributed by atoms with E-state index in [9.17, 15) is 9.59 Å². The summed E-state index contributed by atoms with van der Waals surface area (Å²) in [7, 11) is 0. The van der Waals surface area contributed by atoms with Gasteiger partial charge in [0.25, 0.3) is 0 Å². The number of carbonyl (C=O) groups excluding carboxylic acids is 2. The maximum absolute atomic E-state index is 12.6. The quantitative estimate of drug-likeness (QED) is 0.795. The number of nitrogens with one attached hydrogen (secondary N) is 2. The summed E-state index contributed by atoms with van der Waals surface area (Å²) in [5.74, 6) is -0.361. The first-order valence-electron chi connectivity index (χ1n) is 9.37. The van der Waals surface area contributed by atoms with Gasteiger partial charge in [-0.1, -0.05) is 25.1 Å². The summed E-state index contributed by atoms with van der Waals surface area (Å²) >= 11 is 0. The Labute approximate surface area is 154 Å². The summed E-state index contributed by atoms with van der Waals surface area (Å²) < 4.78 is 5.26. The number of anilines is 1. The third-order valence-corrected chi connectivity index (χ3v) is 5.14. The second-order valence-electron chi connectivity index (χ2n) is 6.82. The van der Waals surface area contributed by atoms with Gasteiger partial charge in [-0.3, -0.25) is 0 Å². The Morgan fingerprint density at radius 3 is 2.81 bits per heavy atom. The fourth-order valence-corrected chi connectivity index (χ4v) is 3.76. The lowest BCUT2D eigenvalue weighted by Gasteiger charge is -2.39. The standard InChI is InChI=1S/C20H27N3O3/c1-4-15-18(19(24)26-5-2)16(22-20(25)21-15)12-23-13(3)10-11-14-8-6-7-9-17(14)23/h6-9,13,15H,4-5,10-12H2,1-3H3,(H2,21,22,25). The highest BCUT2D eigenvalue weighted by molar-refractivity contribution is 5.95. The van der Waals surface area contributed by atoms with Gasteiger partial charge >= 0.3 is 12.0 Å². The number of aryl methyl sites for hydroxylation is 1. The van der Waals surface area contributed by atoms with Crippen LogP contribution in [0.15, 0.2) is 35.5 Å². The second kappa shape index (κ2) is 7.81. The number of hydrogen-bond acceptors (Lipinski definition) is 4. The Morgan fingerprint density at radius 1 is 1.31 bits per heavy atom. The van der Waals surface area contributed by atoms with E-state index in [1.807, 2.05) is 13.0 Å². The van der Waals surface area contributed by atoms with Crippen LogP contribution in [0.25, 0.3) is 0 Å². The Hall–Kier alpha value is -2.50. The molecule has 0 saturated carbocycles. The highest BCUT2D eigenvalue weighted by Gasteiger charge is 2.33. The Bertz CT molecular complexity index is 729. The minimum atomic E-state index is -0.361. The van der Waals surface area contributed by atoms with Crippen molar-refractivity contribution < 1.29 is 14.3 Å². The zero-order valence-electron chi connectivity index (χ0n) is 15.7. The molecule has 26 heavy (non-hydrogen) atoms. The molecule has 2 atom stereocenters. The van der Waals surface area contributed by atoms with Crippen molar-refractivity contribution in [2.45, 2.75) is 52.1 Å². The first-order chi connectivity index (χ1) is 12.5. The van der Waals surface area contributed by atoms with Gasteiger partial charge in [-0.05, 0) is 44.7 Å². The van der Waals surface area contributed by atoms with Crippen LogP contribution in [0.1, 0.15) is 39.2 Å². The van der Waals surface area contributed by atoms with E-state index < -0.39 is 0 Å². The Morgan fingerprint density at radius 2 is 2.08 bits per heavy atom. The molecule has 2 heterocycles. The number of hydrogen-bond donors (Lipinski definition) is 2. The average molecular weight is 357 g/mol. The predicted molar refractivity (Wildman–Crippen MR) is 101 cm³/mol. The minimum Gasteiger partial charge on any atom is -0.463 e. The molecule has 2 unspecified atom stereocenters. The summed E-state index contributed by atoms with van der Waals surface area (Å²) in [4.78, 5) is 26.9. The number of amides is 2. The summed E-state index contributed by atoms with van der Waals surface area (Å²) in [5, 5.41) is 5.68. The molecule has 140 valence electrons. The molecule has 0 spiro atoms. The van der Waals surface area contributed by atoms with Gasteiger partial charge in [0.1, 0.15) is 0 Å². The van der Waals surface area contributed by atoms with Gasteiger partial charge < -0.3 is 20.3 Å². The predicted octanol–water partition coefficient (Wildman–Crippen LogP) is 2.74. The van der Waals surface area contributed by atoms with Crippen LogP contribution < -0.4 is 15.5 Å². The molecule has 1 aromatic carbocycles. The third-order valence-electron chi connectivity index (χ3n) is 5.14. The van der Waals surface area contributed by atoms with Crippen molar-refractivity contribution in [3.8, 4) is 0 Å². The number of esters is 1. The number of carbonyl (C=O) groups is 2. The van der Waals surface area contributed by atoms with Gasteiger partial charge in [0.05, 0.1) is 30.5 Å². The lowest BCUT2D eigenvalue weighted by atomic mass is 9.95. The van der Waals surface area contributed by atoms with Crippen molar-refractivity contribution >= 4 is 17.7 Å². The molecule has 0 fully saturated rings. The average Bonchev–Trinajstić information content (AvgIpc) is 2.63. The molecule has 2 N–H and O–H groups in total. The van der Waals surface area contributed by atoms with Crippen molar-refractivity contribution in [3.63, 3.8) is 0 Å². The number of ether oxygens (including phenoxy) is 1. The number of fused-ring (bicyclic) bond motifs is 1. The molecule has 0 bridgehead atoms. The molecule has 3 rings (SSSR count). The van der Waals surface area contributed by atoms with Crippen molar-refractivity contribution in [1.82, 2.24) is 10.6 Å². The summed E-state index contributed by atoms with van der Waals surface area (Å²) in [5.41, 5.74) is 3.64. The fraction of sp³-hybridized carbons (Fsp3) is 0.500. The van der Waals surface area contributed by atoms with Crippen LogP contribution in [0, 0.1) is 0 Å². The van der Waals surface area contributed by atoms with Gasteiger partial charge in [0.2, 0.25) is 0 Å². The first-order valence-corrected chi connectivity index (χ1v) is 9.37. The number of nitrogens with zero attached hydrogens (tertiary/aromatic N) is 1. The summed E-state index contributed by atoms with van der Waals surface area (Å²) in [6.07, 6.45) is 2.72. The van der Waals surface area contributed by atoms with Crippen molar-refractivity contribution in [3.05, 3.63) is 41.1 Å². The van der Waals surface area contributed by atoms with Crippen LogP contribution in [0.2, 0.25) is 0 Å². The summed E-state index contributed by atoms with van der Waals surface area (Å²) in [6, 6.07) is 8.06. The molecule has 2 amide bonds. The van der Waals surface area contributed by atoms with E-state index >= 15 is 0 Å². The van der Waals surface area contributed by atoms with Crippen LogP contribution in [0.5, 0.6) is 0 Å². The van der Waals surface area contributed by atoms with Crippen LogP contribution >= 0.6 is 0 Å². The van der Waals surface area contributed by atoms with Crippen LogP contribution in [-0.4, -0.2) is 37.2 Å². The molecule has 0 saturated heterocycles. The van der Waals surface area contributed by atoms with Crippen molar-refractivity contribution in [2.75, 3.05) is 18.1 Å². The highest BCUT2D eigenvalue weighted by atomic mass is 16.5. The van der Waals surface area contributed by atoms with E-state index in [2.05, 4.69) is 40.7 Å². The number of para-hydroxylation sites is 1. The topological polar surface area (TPSA) is 70.7 Å². The molecule has 0 aliphatic carbocycles. The summed E-state index contributed by atoms with van der Waals surface area (Å²) in [6.45, 7) is 6.71. The maximum Gasteiger partial charge on any atom is 0.337 e. The van der Waals surface area contributed by atoms with Crippen molar-refractivity contribution in [1.29, 1.82) is 0 Å². The second-order valence-corrected chi connectivity index (χ2v) is 6.82. The van der Waals surface area contributed by atoms with Gasteiger partial charge in [-0.25, -0.2) is 9.59 Å². The van der Waals surface area contributed by atoms with Gasteiger partial charge in [0.15, 0.2) is 0 Å². The van der Waals surface area contributed by atoms with Gasteiger partial charge in [-0.15, -0.1) is 0 Å². The minimum absolute atomic E-state index is 0.266. The van der Waals surface area contributed by atoms with Crippen molar-refractivity contribution in [2.24, 2.45) is 0 Å². The fourth-order valence-electron chi connectivity index (χ4n) is 3.76. The van der Waals surface area contributed by atoms with E-state index in [-0.39, 0.29) is 18.0 Å². The highest BCUT2D eigenvalue weighted by Crippen LogP contribution is 2.31. The molecular formula is C20H27N3O3. The van der Waals surface area contributed by atoms with Crippen LogP contribution in [-0.2, 0) is 16.0 Å². The first kappa shape index (κ1) is 18.3. The lowest BCUT2D eigenvalue weighted by molar-refractivity contribution is -0.139. The largest absolute Gasteiger partial charge is 0.463 e. The van der Waals surface area contributed by atoms with Gasteiger partial charge in [-0.2, -0.15) is 0 Å². The molecule has 0 radical (unpaired) electrons. The molecule has 2 aliphatic rings. The molecule has 1 aromatic rings. The monoisotopic (exact) mass is 357 g/mol. The maximum atomic E-state index is 12.6. The van der Waals surface area contributed by atoms with Gasteiger partial charge in [0, 0.05) is 11.7 Å². The number of benzene rings is 1. The van der Waals surface area contributed by atoms with E-state index in [1.54, 1.807) is 6.92 Å². The van der Waals surface area contributed by atoms with E-state index in [0.29, 0.717) is 36.9 Å². The molecule has 6 nitrogen and oxygen atoms in total. The smallest absolute Gasteiger partial charge is 0.337 e. The lowest BCUT2D eigenvalue weighted by Crippen LogP contribution is -2.53. The number of rotatable bonds is 5. The SMILES string of the molecule is CCOC(=O)C1=C(CN2c3ccccc3CCC2C)NC(=O)NC1CC. The molecule has 2 aliphatic heterocycles. The zero-order chi connectivity index (χ0) is 18.7. The van der Waals surface area contributed by atoms with E-state index in [1.165, 1.54) is 11.3 Å². The van der Waals surface area contributed by atoms with Crippen LogP contribution in [0.4, 0.5) is 10.5 Å². The van der Waals surface area contributed by atoms with Crippen LogP contribution in [0.3, 0.4) is 0 Å². The normalized spacial score (nSPS) is 22.4.